The predicted octanol–water partition coefficient (Wildman–Crippen LogP) is 4.47. The summed E-state index contributed by atoms with van der Waals surface area (Å²) >= 11 is 8.84. The van der Waals surface area contributed by atoms with Crippen LogP contribution in [0.15, 0.2) is 46.9 Å². The molecule has 17 heavy (non-hydrogen) atoms. The second kappa shape index (κ2) is 4.98. The van der Waals surface area contributed by atoms with E-state index in [4.69, 9.17) is 11.6 Å². The van der Waals surface area contributed by atoms with Crippen LogP contribution in [0.1, 0.15) is 15.9 Å². The molecular weight excluding hydrogens is 306 g/mol. The number of carbonyl (C=O) groups is 1. The fraction of sp³-hybridized carbons (Fsp3) is 0. The molecule has 2 aromatic carbocycles. The first kappa shape index (κ1) is 12.3. The summed E-state index contributed by atoms with van der Waals surface area (Å²) in [6.07, 6.45) is 0. The van der Waals surface area contributed by atoms with Gasteiger partial charge in [0.2, 0.25) is 0 Å². The largest absolute Gasteiger partial charge is 0.288 e. The third-order valence-corrected chi connectivity index (χ3v) is 3.13. The van der Waals surface area contributed by atoms with Crippen LogP contribution in [-0.2, 0) is 0 Å². The molecule has 0 aliphatic rings. The average molecular weight is 314 g/mol. The summed E-state index contributed by atoms with van der Waals surface area (Å²) in [5.41, 5.74) is 0.399. The van der Waals surface area contributed by atoms with Crippen molar-refractivity contribution >= 4 is 33.3 Å². The molecule has 0 bridgehead atoms. The third-order valence-electron chi connectivity index (χ3n) is 2.28. The van der Waals surface area contributed by atoms with Crippen molar-refractivity contribution in [1.29, 1.82) is 0 Å². The fourth-order valence-electron chi connectivity index (χ4n) is 1.46. The minimum absolute atomic E-state index is 0.0293. The molecule has 0 N–H and O–H groups in total. The van der Waals surface area contributed by atoms with E-state index in [1.807, 2.05) is 0 Å². The number of hydrogen-bond donors (Lipinski definition) is 0. The highest BCUT2D eigenvalue weighted by Crippen LogP contribution is 2.22. The van der Waals surface area contributed by atoms with Crippen molar-refractivity contribution in [3.05, 3.63) is 68.9 Å². The molecule has 0 fully saturated rings. The van der Waals surface area contributed by atoms with Crippen molar-refractivity contribution in [2.75, 3.05) is 0 Å². The topological polar surface area (TPSA) is 17.1 Å². The highest BCUT2D eigenvalue weighted by atomic mass is 79.9. The van der Waals surface area contributed by atoms with Gasteiger partial charge in [-0.3, -0.25) is 4.79 Å². The Morgan fingerprint density at radius 2 is 1.88 bits per heavy atom. The van der Waals surface area contributed by atoms with E-state index < -0.39 is 5.82 Å². The lowest BCUT2D eigenvalue weighted by Crippen LogP contribution is -2.04. The molecule has 0 amide bonds. The maximum atomic E-state index is 13.7. The van der Waals surface area contributed by atoms with Crippen LogP contribution in [0.3, 0.4) is 0 Å². The van der Waals surface area contributed by atoms with E-state index >= 15 is 0 Å². The van der Waals surface area contributed by atoms with E-state index in [1.165, 1.54) is 12.1 Å². The van der Waals surface area contributed by atoms with Gasteiger partial charge in [0.1, 0.15) is 5.82 Å². The molecule has 0 spiro atoms. The highest BCUT2D eigenvalue weighted by Gasteiger charge is 2.15. The number of rotatable bonds is 2. The number of ketones is 1. The molecule has 0 radical (unpaired) electrons. The molecule has 0 aliphatic carbocycles. The van der Waals surface area contributed by atoms with Crippen LogP contribution in [0.5, 0.6) is 0 Å². The average Bonchev–Trinajstić information content (AvgIpc) is 2.32. The van der Waals surface area contributed by atoms with Gasteiger partial charge in [-0.2, -0.15) is 0 Å². The Morgan fingerprint density at radius 1 is 1.18 bits per heavy atom. The summed E-state index contributed by atoms with van der Waals surface area (Å²) in [5, 5.41) is 0.450. The zero-order valence-corrected chi connectivity index (χ0v) is 10.9. The Labute approximate surface area is 111 Å². The standard InChI is InChI=1S/C13H7BrClFO/c14-11-6-2-5-10(12(11)16)13(17)8-3-1-4-9(15)7-8/h1-7H. The minimum atomic E-state index is -0.558. The molecule has 4 heteroatoms. The highest BCUT2D eigenvalue weighted by molar-refractivity contribution is 9.10. The molecule has 2 aromatic rings. The lowest BCUT2D eigenvalue weighted by molar-refractivity contribution is 0.103. The van der Waals surface area contributed by atoms with E-state index in [2.05, 4.69) is 15.9 Å². The molecule has 0 aliphatic heterocycles. The zero-order chi connectivity index (χ0) is 12.4. The number of halogens is 3. The second-order valence-electron chi connectivity index (χ2n) is 3.44. The summed E-state index contributed by atoms with van der Waals surface area (Å²) in [7, 11) is 0. The third kappa shape index (κ3) is 2.56. The first-order valence-electron chi connectivity index (χ1n) is 4.84. The van der Waals surface area contributed by atoms with Crippen LogP contribution in [-0.4, -0.2) is 5.78 Å². The number of benzene rings is 2. The van der Waals surface area contributed by atoms with Gasteiger partial charge >= 0.3 is 0 Å². The quantitative estimate of drug-likeness (QED) is 0.748. The van der Waals surface area contributed by atoms with Gasteiger partial charge in [0.15, 0.2) is 5.78 Å². The maximum Gasteiger partial charge on any atom is 0.196 e. The van der Waals surface area contributed by atoms with E-state index in [0.717, 1.165) is 0 Å². The predicted molar refractivity (Wildman–Crippen MR) is 69.0 cm³/mol. The normalized spacial score (nSPS) is 10.3. The number of hydrogen-bond acceptors (Lipinski definition) is 1. The summed E-state index contributed by atoms with van der Waals surface area (Å²) < 4.78 is 14.0. The van der Waals surface area contributed by atoms with E-state index in [0.29, 0.717) is 10.6 Å². The lowest BCUT2D eigenvalue weighted by atomic mass is 10.0. The van der Waals surface area contributed by atoms with Crippen LogP contribution in [0.4, 0.5) is 4.39 Å². The molecule has 0 aromatic heterocycles. The van der Waals surface area contributed by atoms with Crippen molar-refractivity contribution in [3.63, 3.8) is 0 Å². The fourth-order valence-corrected chi connectivity index (χ4v) is 2.02. The maximum absolute atomic E-state index is 13.7. The summed E-state index contributed by atoms with van der Waals surface area (Å²) in [6, 6.07) is 11.1. The van der Waals surface area contributed by atoms with Gasteiger partial charge in [0.25, 0.3) is 0 Å². The van der Waals surface area contributed by atoms with Gasteiger partial charge in [-0.1, -0.05) is 29.8 Å². The molecule has 0 saturated heterocycles. The van der Waals surface area contributed by atoms with Crippen molar-refractivity contribution < 1.29 is 9.18 Å². The van der Waals surface area contributed by atoms with Crippen molar-refractivity contribution in [2.45, 2.75) is 0 Å². The first-order valence-corrected chi connectivity index (χ1v) is 6.01. The molecule has 0 saturated carbocycles. The van der Waals surface area contributed by atoms with Crippen LogP contribution < -0.4 is 0 Å². The molecule has 0 atom stereocenters. The Bertz CT molecular complexity index is 583. The molecule has 0 unspecified atom stereocenters. The Kier molecular flexibility index (Phi) is 3.60. The number of carbonyl (C=O) groups excluding carboxylic acids is 1. The van der Waals surface area contributed by atoms with Crippen LogP contribution in [0, 0.1) is 5.82 Å². The minimum Gasteiger partial charge on any atom is -0.288 e. The lowest BCUT2D eigenvalue weighted by Gasteiger charge is -2.04. The molecule has 0 heterocycles. The Hall–Kier alpha value is -1.19. The SMILES string of the molecule is O=C(c1cccc(Cl)c1)c1cccc(Br)c1F. The van der Waals surface area contributed by atoms with Crippen molar-refractivity contribution in [3.8, 4) is 0 Å². The molecule has 2 rings (SSSR count). The summed E-state index contributed by atoms with van der Waals surface area (Å²) in [6.45, 7) is 0. The van der Waals surface area contributed by atoms with Crippen molar-refractivity contribution in [2.24, 2.45) is 0 Å². The van der Waals surface area contributed by atoms with Crippen LogP contribution in [0.25, 0.3) is 0 Å². The van der Waals surface area contributed by atoms with E-state index in [9.17, 15) is 9.18 Å². The van der Waals surface area contributed by atoms with Gasteiger partial charge in [-0.15, -0.1) is 0 Å². The van der Waals surface area contributed by atoms with Crippen molar-refractivity contribution in [1.82, 2.24) is 0 Å². The first-order chi connectivity index (χ1) is 8.09. The molecular formula is C13H7BrClFO. The summed E-state index contributed by atoms with van der Waals surface area (Å²) in [5.74, 6) is -0.941. The van der Waals surface area contributed by atoms with Gasteiger partial charge < -0.3 is 0 Å². The molecule has 1 nitrogen and oxygen atoms in total. The van der Waals surface area contributed by atoms with Crippen LogP contribution >= 0.6 is 27.5 Å². The second-order valence-corrected chi connectivity index (χ2v) is 4.73. The van der Waals surface area contributed by atoms with Crippen LogP contribution in [0.2, 0.25) is 5.02 Å². The Balaban J connectivity index is 2.48. The Morgan fingerprint density at radius 3 is 2.59 bits per heavy atom. The van der Waals surface area contributed by atoms with Gasteiger partial charge in [0.05, 0.1) is 10.0 Å². The molecule has 86 valence electrons. The zero-order valence-electron chi connectivity index (χ0n) is 8.58. The van der Waals surface area contributed by atoms with Gasteiger partial charge in [-0.05, 0) is 40.2 Å². The monoisotopic (exact) mass is 312 g/mol. The van der Waals surface area contributed by atoms with E-state index in [-0.39, 0.29) is 15.8 Å². The summed E-state index contributed by atoms with van der Waals surface area (Å²) in [4.78, 5) is 12.1. The van der Waals surface area contributed by atoms with Gasteiger partial charge in [-0.25, -0.2) is 4.39 Å². The smallest absolute Gasteiger partial charge is 0.196 e. The van der Waals surface area contributed by atoms with Gasteiger partial charge in [0, 0.05) is 10.6 Å². The van der Waals surface area contributed by atoms with E-state index in [1.54, 1.807) is 30.3 Å².